The molecule has 0 saturated heterocycles. The predicted molar refractivity (Wildman–Crippen MR) is 72.4 cm³/mol. The van der Waals surface area contributed by atoms with E-state index in [4.69, 9.17) is 4.74 Å². The largest absolute Gasteiger partial charge is 0.463 e. The molecule has 86 valence electrons. The quantitative estimate of drug-likeness (QED) is 0.468. The zero-order chi connectivity index (χ0) is 12.0. The molecular formula is C12H12Br2O2. The highest BCUT2D eigenvalue weighted by atomic mass is 79.9. The summed E-state index contributed by atoms with van der Waals surface area (Å²) >= 11 is 6.84. The van der Waals surface area contributed by atoms with Crippen molar-refractivity contribution in [2.45, 2.75) is 12.3 Å². The van der Waals surface area contributed by atoms with Crippen LogP contribution in [0.1, 0.15) is 18.1 Å². The minimum absolute atomic E-state index is 0.320. The predicted octanol–water partition coefficient (Wildman–Crippen LogP) is 3.92. The zero-order valence-electron chi connectivity index (χ0n) is 8.87. The first-order valence-electron chi connectivity index (χ1n) is 4.86. The maximum atomic E-state index is 11.1. The normalized spacial score (nSPS) is 10.7. The Morgan fingerprint density at radius 1 is 1.50 bits per heavy atom. The van der Waals surface area contributed by atoms with Crippen LogP contribution in [0.25, 0.3) is 6.08 Å². The Balaban J connectivity index is 2.78. The number of rotatable bonds is 4. The molecule has 0 aliphatic rings. The van der Waals surface area contributed by atoms with E-state index in [1.807, 2.05) is 18.2 Å². The Bertz CT molecular complexity index is 400. The highest BCUT2D eigenvalue weighted by Crippen LogP contribution is 2.21. The third-order valence-corrected chi connectivity index (χ3v) is 3.24. The summed E-state index contributed by atoms with van der Waals surface area (Å²) in [6, 6.07) is 5.97. The number of hydrogen-bond donors (Lipinski definition) is 0. The summed E-state index contributed by atoms with van der Waals surface area (Å²) in [4.78, 5) is 11.1. The van der Waals surface area contributed by atoms with Gasteiger partial charge in [-0.2, -0.15) is 0 Å². The van der Waals surface area contributed by atoms with Crippen molar-refractivity contribution in [3.8, 4) is 0 Å². The fourth-order valence-electron chi connectivity index (χ4n) is 1.14. The van der Waals surface area contributed by atoms with E-state index in [-0.39, 0.29) is 5.97 Å². The topological polar surface area (TPSA) is 26.3 Å². The fraction of sp³-hybridized carbons (Fsp3) is 0.250. The van der Waals surface area contributed by atoms with E-state index >= 15 is 0 Å². The Labute approximate surface area is 112 Å². The van der Waals surface area contributed by atoms with Gasteiger partial charge in [-0.1, -0.05) is 44.0 Å². The SMILES string of the molecule is CCOC(=O)/C=C/c1ccc(CBr)cc1Br. The van der Waals surface area contributed by atoms with E-state index in [2.05, 4.69) is 31.9 Å². The number of esters is 1. The summed E-state index contributed by atoms with van der Waals surface area (Å²) in [6.07, 6.45) is 3.16. The van der Waals surface area contributed by atoms with Gasteiger partial charge in [0.05, 0.1) is 6.61 Å². The van der Waals surface area contributed by atoms with Gasteiger partial charge in [0.1, 0.15) is 0 Å². The van der Waals surface area contributed by atoms with Gasteiger partial charge in [-0.3, -0.25) is 0 Å². The zero-order valence-corrected chi connectivity index (χ0v) is 12.0. The van der Waals surface area contributed by atoms with Crippen molar-refractivity contribution in [2.75, 3.05) is 6.61 Å². The molecule has 4 heteroatoms. The van der Waals surface area contributed by atoms with Gasteiger partial charge >= 0.3 is 5.97 Å². The molecule has 16 heavy (non-hydrogen) atoms. The highest BCUT2D eigenvalue weighted by Gasteiger charge is 1.99. The lowest BCUT2D eigenvalue weighted by Gasteiger charge is -2.01. The monoisotopic (exact) mass is 346 g/mol. The molecule has 0 radical (unpaired) electrons. The van der Waals surface area contributed by atoms with Crippen LogP contribution < -0.4 is 0 Å². The van der Waals surface area contributed by atoms with Gasteiger partial charge in [0.2, 0.25) is 0 Å². The van der Waals surface area contributed by atoms with Crippen LogP contribution in [-0.4, -0.2) is 12.6 Å². The Morgan fingerprint density at radius 3 is 2.81 bits per heavy atom. The van der Waals surface area contributed by atoms with Crippen LogP contribution in [0.4, 0.5) is 0 Å². The third kappa shape index (κ3) is 4.10. The fourth-order valence-corrected chi connectivity index (χ4v) is 2.04. The van der Waals surface area contributed by atoms with Crippen molar-refractivity contribution in [1.82, 2.24) is 0 Å². The first-order valence-corrected chi connectivity index (χ1v) is 6.78. The molecule has 0 aliphatic heterocycles. The summed E-state index contributed by atoms with van der Waals surface area (Å²) in [5.41, 5.74) is 2.14. The number of carbonyl (C=O) groups is 1. The van der Waals surface area contributed by atoms with Crippen molar-refractivity contribution < 1.29 is 9.53 Å². The summed E-state index contributed by atoms with van der Waals surface area (Å²) in [6.45, 7) is 2.18. The smallest absolute Gasteiger partial charge is 0.330 e. The average Bonchev–Trinajstić information content (AvgIpc) is 2.27. The Kier molecular flexibility index (Phi) is 5.77. The van der Waals surface area contributed by atoms with Crippen LogP contribution >= 0.6 is 31.9 Å². The summed E-state index contributed by atoms with van der Waals surface area (Å²) in [5.74, 6) is -0.320. The molecular weight excluding hydrogens is 336 g/mol. The van der Waals surface area contributed by atoms with E-state index in [0.29, 0.717) is 6.61 Å². The second kappa shape index (κ2) is 6.86. The standard InChI is InChI=1S/C12H12Br2O2/c1-2-16-12(15)6-5-10-4-3-9(8-13)7-11(10)14/h3-7H,2,8H2,1H3/b6-5+. The maximum Gasteiger partial charge on any atom is 0.330 e. The van der Waals surface area contributed by atoms with Crippen LogP contribution in [0.5, 0.6) is 0 Å². The summed E-state index contributed by atoms with van der Waals surface area (Å²) < 4.78 is 5.76. The minimum atomic E-state index is -0.320. The molecule has 0 bridgehead atoms. The molecule has 1 aromatic rings. The van der Waals surface area contributed by atoms with Crippen molar-refractivity contribution >= 4 is 43.9 Å². The first kappa shape index (κ1) is 13.5. The van der Waals surface area contributed by atoms with Crippen LogP contribution in [0, 0.1) is 0 Å². The molecule has 2 nitrogen and oxygen atoms in total. The van der Waals surface area contributed by atoms with Gasteiger partial charge in [-0.05, 0) is 30.2 Å². The van der Waals surface area contributed by atoms with Gasteiger partial charge in [0.25, 0.3) is 0 Å². The lowest BCUT2D eigenvalue weighted by molar-refractivity contribution is -0.137. The third-order valence-electron chi connectivity index (χ3n) is 1.90. The summed E-state index contributed by atoms with van der Waals surface area (Å²) in [7, 11) is 0. The minimum Gasteiger partial charge on any atom is -0.463 e. The van der Waals surface area contributed by atoms with E-state index in [1.165, 1.54) is 11.6 Å². The number of hydrogen-bond acceptors (Lipinski definition) is 2. The molecule has 0 heterocycles. The molecule has 0 atom stereocenters. The lowest BCUT2D eigenvalue weighted by atomic mass is 10.1. The molecule has 0 N–H and O–H groups in total. The molecule has 0 unspecified atom stereocenters. The molecule has 0 saturated carbocycles. The van der Waals surface area contributed by atoms with Crippen molar-refractivity contribution in [3.63, 3.8) is 0 Å². The van der Waals surface area contributed by atoms with Crippen LogP contribution in [-0.2, 0) is 14.9 Å². The average molecular weight is 348 g/mol. The van der Waals surface area contributed by atoms with Crippen LogP contribution in [0.3, 0.4) is 0 Å². The van der Waals surface area contributed by atoms with Crippen molar-refractivity contribution in [1.29, 1.82) is 0 Å². The van der Waals surface area contributed by atoms with Crippen molar-refractivity contribution in [3.05, 3.63) is 39.9 Å². The molecule has 0 spiro atoms. The van der Waals surface area contributed by atoms with E-state index in [0.717, 1.165) is 15.4 Å². The molecule has 0 amide bonds. The van der Waals surface area contributed by atoms with E-state index in [9.17, 15) is 4.79 Å². The molecule has 0 aromatic heterocycles. The number of carbonyl (C=O) groups excluding carboxylic acids is 1. The van der Waals surface area contributed by atoms with Crippen molar-refractivity contribution in [2.24, 2.45) is 0 Å². The highest BCUT2D eigenvalue weighted by molar-refractivity contribution is 9.10. The van der Waals surface area contributed by atoms with Gasteiger partial charge in [-0.15, -0.1) is 0 Å². The Morgan fingerprint density at radius 2 is 2.25 bits per heavy atom. The number of halogens is 2. The first-order chi connectivity index (χ1) is 7.67. The van der Waals surface area contributed by atoms with E-state index < -0.39 is 0 Å². The molecule has 0 fully saturated rings. The maximum absolute atomic E-state index is 11.1. The van der Waals surface area contributed by atoms with Gasteiger partial charge in [0.15, 0.2) is 0 Å². The summed E-state index contributed by atoms with van der Waals surface area (Å²) in [5, 5.41) is 0.813. The molecule has 1 aromatic carbocycles. The molecule has 1 rings (SSSR count). The van der Waals surface area contributed by atoms with Gasteiger partial charge in [-0.25, -0.2) is 4.79 Å². The van der Waals surface area contributed by atoms with Crippen LogP contribution in [0.2, 0.25) is 0 Å². The van der Waals surface area contributed by atoms with Gasteiger partial charge in [0, 0.05) is 15.9 Å². The molecule has 0 aliphatic carbocycles. The lowest BCUT2D eigenvalue weighted by Crippen LogP contribution is -1.98. The number of alkyl halides is 1. The van der Waals surface area contributed by atoms with Crippen LogP contribution in [0.15, 0.2) is 28.7 Å². The van der Waals surface area contributed by atoms with E-state index in [1.54, 1.807) is 13.0 Å². The van der Waals surface area contributed by atoms with Gasteiger partial charge < -0.3 is 4.74 Å². The number of ether oxygens (including phenoxy) is 1. The second-order valence-electron chi connectivity index (χ2n) is 3.07. The number of benzene rings is 1. The Hall–Kier alpha value is -0.610. The second-order valence-corrected chi connectivity index (χ2v) is 4.49.